The van der Waals surface area contributed by atoms with E-state index in [4.69, 9.17) is 0 Å². The maximum atomic E-state index is 4.05. The summed E-state index contributed by atoms with van der Waals surface area (Å²) in [5.41, 5.74) is 0. The number of hydrogen-bond acceptors (Lipinski definition) is 5. The van der Waals surface area contributed by atoms with Gasteiger partial charge in [-0.05, 0) is 50.5 Å². The molecule has 0 saturated heterocycles. The van der Waals surface area contributed by atoms with Crippen LogP contribution in [0.25, 0.3) is 0 Å². The summed E-state index contributed by atoms with van der Waals surface area (Å²) in [4.78, 5) is 2.25. The molecule has 0 fully saturated rings. The van der Waals surface area contributed by atoms with E-state index in [-0.39, 0.29) is 0 Å². The van der Waals surface area contributed by atoms with E-state index < -0.39 is 0 Å². The van der Waals surface area contributed by atoms with E-state index in [2.05, 4.69) is 39.7 Å². The number of nitrogens with zero attached hydrogens (tertiary/aromatic N) is 5. The standard InChI is InChI=1S/C10H22N6/c1-4-7-16-10(12-13-14-16)9-15(3)8-5-6-11-2/h11H,4-9H2,1-3H3. The zero-order valence-corrected chi connectivity index (χ0v) is 10.5. The Morgan fingerprint density at radius 3 is 2.94 bits per heavy atom. The summed E-state index contributed by atoms with van der Waals surface area (Å²) < 4.78 is 1.88. The summed E-state index contributed by atoms with van der Waals surface area (Å²) in [5.74, 6) is 0.953. The van der Waals surface area contributed by atoms with Gasteiger partial charge in [0.15, 0.2) is 5.82 Å². The van der Waals surface area contributed by atoms with Crippen molar-refractivity contribution < 1.29 is 0 Å². The topological polar surface area (TPSA) is 58.9 Å². The normalized spacial score (nSPS) is 11.2. The molecule has 0 radical (unpaired) electrons. The lowest BCUT2D eigenvalue weighted by molar-refractivity contribution is 0.305. The van der Waals surface area contributed by atoms with E-state index in [0.717, 1.165) is 44.8 Å². The Hall–Kier alpha value is -1.01. The van der Waals surface area contributed by atoms with Crippen molar-refractivity contribution in [2.45, 2.75) is 32.9 Å². The van der Waals surface area contributed by atoms with E-state index in [1.807, 2.05) is 11.7 Å². The zero-order chi connectivity index (χ0) is 11.8. The fourth-order valence-corrected chi connectivity index (χ4v) is 1.57. The molecule has 0 bridgehead atoms. The molecule has 6 nitrogen and oxygen atoms in total. The molecule has 0 atom stereocenters. The molecule has 0 spiro atoms. The molecule has 1 N–H and O–H groups in total. The zero-order valence-electron chi connectivity index (χ0n) is 10.5. The SMILES string of the molecule is CCCn1nnnc1CN(C)CCCNC. The second-order valence-electron chi connectivity index (χ2n) is 4.01. The average molecular weight is 226 g/mol. The quantitative estimate of drug-likeness (QED) is 0.638. The highest BCUT2D eigenvalue weighted by Crippen LogP contribution is 1.99. The van der Waals surface area contributed by atoms with Crippen LogP contribution in [0.15, 0.2) is 0 Å². The highest BCUT2D eigenvalue weighted by molar-refractivity contribution is 4.80. The van der Waals surface area contributed by atoms with Gasteiger partial charge in [-0.15, -0.1) is 5.10 Å². The molecular weight excluding hydrogens is 204 g/mol. The van der Waals surface area contributed by atoms with Crippen molar-refractivity contribution in [2.24, 2.45) is 0 Å². The first-order valence-corrected chi connectivity index (χ1v) is 5.86. The minimum absolute atomic E-state index is 0.816. The van der Waals surface area contributed by atoms with Gasteiger partial charge in [0.1, 0.15) is 0 Å². The van der Waals surface area contributed by atoms with E-state index in [1.54, 1.807) is 0 Å². The fourth-order valence-electron chi connectivity index (χ4n) is 1.57. The first kappa shape index (κ1) is 13.1. The first-order valence-electron chi connectivity index (χ1n) is 5.86. The van der Waals surface area contributed by atoms with Gasteiger partial charge in [-0.1, -0.05) is 6.92 Å². The van der Waals surface area contributed by atoms with Crippen molar-refractivity contribution in [3.8, 4) is 0 Å². The second-order valence-corrected chi connectivity index (χ2v) is 4.01. The lowest BCUT2D eigenvalue weighted by Gasteiger charge is -2.15. The molecule has 1 rings (SSSR count). The van der Waals surface area contributed by atoms with Gasteiger partial charge in [0.25, 0.3) is 0 Å². The first-order chi connectivity index (χ1) is 7.77. The maximum absolute atomic E-state index is 4.05. The Kier molecular flexibility index (Phi) is 5.95. The van der Waals surface area contributed by atoms with Crippen molar-refractivity contribution >= 4 is 0 Å². The molecule has 1 aromatic rings. The third-order valence-electron chi connectivity index (χ3n) is 2.42. The van der Waals surface area contributed by atoms with Gasteiger partial charge < -0.3 is 5.32 Å². The van der Waals surface area contributed by atoms with Crippen LogP contribution in [-0.2, 0) is 13.1 Å². The summed E-state index contributed by atoms with van der Waals surface area (Å²) in [6.07, 6.45) is 2.20. The van der Waals surface area contributed by atoms with Crippen LogP contribution < -0.4 is 5.32 Å². The second kappa shape index (κ2) is 7.29. The lowest BCUT2D eigenvalue weighted by atomic mass is 10.4. The Morgan fingerprint density at radius 1 is 1.44 bits per heavy atom. The largest absolute Gasteiger partial charge is 0.320 e. The summed E-state index contributed by atoms with van der Waals surface area (Å²) in [7, 11) is 4.07. The molecule has 6 heteroatoms. The maximum Gasteiger partial charge on any atom is 0.165 e. The van der Waals surface area contributed by atoms with E-state index in [0.29, 0.717) is 0 Å². The van der Waals surface area contributed by atoms with Gasteiger partial charge in [-0.3, -0.25) is 4.90 Å². The number of hydrogen-bond donors (Lipinski definition) is 1. The summed E-state index contributed by atoms with van der Waals surface area (Å²) in [5, 5.41) is 14.9. The Labute approximate surface area is 97.0 Å². The number of aromatic nitrogens is 4. The van der Waals surface area contributed by atoms with Gasteiger partial charge in [0.2, 0.25) is 0 Å². The molecule has 92 valence electrons. The van der Waals surface area contributed by atoms with Crippen molar-refractivity contribution in [1.29, 1.82) is 0 Å². The molecule has 0 aromatic carbocycles. The molecule has 1 heterocycles. The van der Waals surface area contributed by atoms with Crippen LogP contribution in [0.5, 0.6) is 0 Å². The predicted molar refractivity (Wildman–Crippen MR) is 63.0 cm³/mol. The molecule has 16 heavy (non-hydrogen) atoms. The summed E-state index contributed by atoms with van der Waals surface area (Å²) >= 11 is 0. The minimum atomic E-state index is 0.816. The smallest absolute Gasteiger partial charge is 0.165 e. The number of tetrazole rings is 1. The minimum Gasteiger partial charge on any atom is -0.320 e. The van der Waals surface area contributed by atoms with Crippen LogP contribution in [0, 0.1) is 0 Å². The van der Waals surface area contributed by atoms with E-state index in [1.165, 1.54) is 0 Å². The predicted octanol–water partition coefficient (Wildman–Crippen LogP) is 0.124. The number of nitrogens with one attached hydrogen (secondary N) is 1. The van der Waals surface area contributed by atoms with Gasteiger partial charge in [0, 0.05) is 6.54 Å². The highest BCUT2D eigenvalue weighted by Gasteiger charge is 2.07. The molecule has 0 aliphatic rings. The van der Waals surface area contributed by atoms with Gasteiger partial charge in [0.05, 0.1) is 6.54 Å². The number of rotatable bonds is 8. The van der Waals surface area contributed by atoms with Crippen LogP contribution in [0.3, 0.4) is 0 Å². The Bertz CT molecular complexity index is 285. The summed E-state index contributed by atoms with van der Waals surface area (Å²) in [6, 6.07) is 0. The molecular formula is C10H22N6. The van der Waals surface area contributed by atoms with E-state index >= 15 is 0 Å². The average Bonchev–Trinajstić information content (AvgIpc) is 2.67. The molecule has 0 unspecified atom stereocenters. The lowest BCUT2D eigenvalue weighted by Crippen LogP contribution is -2.24. The van der Waals surface area contributed by atoms with Crippen molar-refractivity contribution in [3.63, 3.8) is 0 Å². The molecule has 0 saturated carbocycles. The van der Waals surface area contributed by atoms with E-state index in [9.17, 15) is 0 Å². The van der Waals surface area contributed by atoms with Crippen LogP contribution >= 0.6 is 0 Å². The third kappa shape index (κ3) is 4.24. The van der Waals surface area contributed by atoms with Crippen LogP contribution in [0.4, 0.5) is 0 Å². The van der Waals surface area contributed by atoms with Gasteiger partial charge in [-0.25, -0.2) is 4.68 Å². The molecule has 1 aromatic heterocycles. The van der Waals surface area contributed by atoms with Crippen molar-refractivity contribution in [2.75, 3.05) is 27.2 Å². The third-order valence-corrected chi connectivity index (χ3v) is 2.42. The summed E-state index contributed by atoms with van der Waals surface area (Å²) in [6.45, 7) is 5.94. The van der Waals surface area contributed by atoms with Crippen LogP contribution in [0.2, 0.25) is 0 Å². The Balaban J connectivity index is 2.36. The van der Waals surface area contributed by atoms with Crippen LogP contribution in [-0.4, -0.2) is 52.3 Å². The van der Waals surface area contributed by atoms with Gasteiger partial charge in [-0.2, -0.15) is 0 Å². The monoisotopic (exact) mass is 226 g/mol. The molecule has 0 aliphatic heterocycles. The molecule has 0 aliphatic carbocycles. The van der Waals surface area contributed by atoms with Crippen molar-refractivity contribution in [1.82, 2.24) is 30.4 Å². The fraction of sp³-hybridized carbons (Fsp3) is 0.900. The van der Waals surface area contributed by atoms with Crippen molar-refractivity contribution in [3.05, 3.63) is 5.82 Å². The van der Waals surface area contributed by atoms with Gasteiger partial charge >= 0.3 is 0 Å². The Morgan fingerprint density at radius 2 is 2.25 bits per heavy atom. The van der Waals surface area contributed by atoms with Crippen LogP contribution in [0.1, 0.15) is 25.6 Å². The highest BCUT2D eigenvalue weighted by atomic mass is 15.5. The number of aryl methyl sites for hydroxylation is 1. The molecule has 0 amide bonds.